The number of benzene rings is 3. The summed E-state index contributed by atoms with van der Waals surface area (Å²) < 4.78 is 2.12. The van der Waals surface area contributed by atoms with Gasteiger partial charge < -0.3 is 5.73 Å². The van der Waals surface area contributed by atoms with Crippen molar-refractivity contribution in [1.82, 2.24) is 14.4 Å². The molecule has 4 nitrogen and oxygen atoms in total. The molecule has 0 atom stereocenters. The third-order valence-corrected chi connectivity index (χ3v) is 6.90. The third-order valence-electron chi connectivity index (χ3n) is 6.90. The fourth-order valence-corrected chi connectivity index (χ4v) is 4.88. The summed E-state index contributed by atoms with van der Waals surface area (Å²) in [5.41, 5.74) is 15.0. The summed E-state index contributed by atoms with van der Waals surface area (Å²) in [4.78, 5) is 9.90. The van der Waals surface area contributed by atoms with E-state index >= 15 is 0 Å². The van der Waals surface area contributed by atoms with Crippen LogP contribution in [0.4, 0.5) is 0 Å². The minimum Gasteiger partial charge on any atom is -0.321 e. The van der Waals surface area contributed by atoms with Crippen molar-refractivity contribution in [3.63, 3.8) is 0 Å². The lowest BCUT2D eigenvalue weighted by molar-refractivity contribution is 0.253. The second-order valence-corrected chi connectivity index (χ2v) is 9.04. The predicted molar refractivity (Wildman–Crippen MR) is 134 cm³/mol. The molecule has 6 rings (SSSR count). The first-order chi connectivity index (χ1) is 16.1. The maximum atomic E-state index is 6.55. The van der Waals surface area contributed by atoms with E-state index in [1.165, 1.54) is 12.0 Å². The van der Waals surface area contributed by atoms with E-state index in [9.17, 15) is 0 Å². The molecule has 1 aliphatic carbocycles. The van der Waals surface area contributed by atoms with Crippen LogP contribution in [0.15, 0.2) is 91.1 Å². The lowest BCUT2D eigenvalue weighted by atomic mass is 9.72. The summed E-state index contributed by atoms with van der Waals surface area (Å²) >= 11 is 0. The first-order valence-electron chi connectivity index (χ1n) is 11.5. The molecule has 5 aromatic rings. The lowest BCUT2D eigenvalue weighted by Crippen LogP contribution is -2.43. The van der Waals surface area contributed by atoms with Crippen LogP contribution >= 0.6 is 0 Å². The van der Waals surface area contributed by atoms with Gasteiger partial charge in [0.25, 0.3) is 0 Å². The molecular weight excluding hydrogens is 404 g/mol. The van der Waals surface area contributed by atoms with Crippen molar-refractivity contribution < 1.29 is 0 Å². The van der Waals surface area contributed by atoms with Gasteiger partial charge in [0.2, 0.25) is 5.78 Å². The van der Waals surface area contributed by atoms with Crippen molar-refractivity contribution in [2.24, 2.45) is 5.73 Å². The van der Waals surface area contributed by atoms with Crippen LogP contribution in [-0.4, -0.2) is 14.4 Å². The van der Waals surface area contributed by atoms with Crippen LogP contribution in [0.3, 0.4) is 0 Å². The van der Waals surface area contributed by atoms with E-state index in [4.69, 9.17) is 15.7 Å². The maximum absolute atomic E-state index is 6.55. The minimum atomic E-state index is -0.164. The number of aromatic nitrogens is 3. The standard InChI is InChI=1S/C29H26N4/c1-20-27(23-11-6-3-7-12-23)33-19-25(21-9-4-2-5-10-21)26(32-28(33)31-20)22-13-15-24(16-14-22)29(30)17-8-18-29/h2-7,9-16,19H,8,17-18,30H2,1H3. The largest absolute Gasteiger partial charge is 0.321 e. The smallest absolute Gasteiger partial charge is 0.235 e. The van der Waals surface area contributed by atoms with Crippen LogP contribution < -0.4 is 5.73 Å². The zero-order valence-corrected chi connectivity index (χ0v) is 18.7. The molecule has 162 valence electrons. The van der Waals surface area contributed by atoms with Gasteiger partial charge >= 0.3 is 0 Å². The highest BCUT2D eigenvalue weighted by molar-refractivity contribution is 5.82. The summed E-state index contributed by atoms with van der Waals surface area (Å²) in [6, 6.07) is 29.5. The van der Waals surface area contributed by atoms with Gasteiger partial charge in [-0.3, -0.25) is 4.40 Å². The fourth-order valence-electron chi connectivity index (χ4n) is 4.88. The van der Waals surface area contributed by atoms with Gasteiger partial charge in [0.05, 0.1) is 17.1 Å². The molecule has 33 heavy (non-hydrogen) atoms. The van der Waals surface area contributed by atoms with Crippen molar-refractivity contribution in [3.05, 3.63) is 102 Å². The van der Waals surface area contributed by atoms with Gasteiger partial charge in [-0.05, 0) is 37.3 Å². The van der Waals surface area contributed by atoms with E-state index in [1.54, 1.807) is 0 Å². The quantitative estimate of drug-likeness (QED) is 0.360. The summed E-state index contributed by atoms with van der Waals surface area (Å²) in [5.74, 6) is 0.708. The van der Waals surface area contributed by atoms with E-state index in [2.05, 4.69) is 83.4 Å². The normalized spacial score (nSPS) is 14.8. The van der Waals surface area contributed by atoms with Crippen molar-refractivity contribution in [3.8, 4) is 33.6 Å². The second kappa shape index (κ2) is 7.68. The van der Waals surface area contributed by atoms with Crippen LogP contribution in [0.2, 0.25) is 0 Å². The van der Waals surface area contributed by atoms with Gasteiger partial charge in [0.15, 0.2) is 0 Å². The van der Waals surface area contributed by atoms with Crippen molar-refractivity contribution in [2.75, 3.05) is 0 Å². The first-order valence-corrected chi connectivity index (χ1v) is 11.5. The Labute approximate surface area is 193 Å². The number of imidazole rings is 1. The summed E-state index contributed by atoms with van der Waals surface area (Å²) in [6.45, 7) is 2.05. The molecule has 2 aromatic heterocycles. The number of hydrogen-bond donors (Lipinski definition) is 1. The molecule has 1 aliphatic rings. The summed E-state index contributed by atoms with van der Waals surface area (Å²) in [5, 5.41) is 0. The molecule has 0 radical (unpaired) electrons. The SMILES string of the molecule is Cc1nc2nc(-c3ccc(C4(N)CCC4)cc3)c(-c3ccccc3)cn2c1-c1ccccc1. The van der Waals surface area contributed by atoms with Crippen LogP contribution in [0.1, 0.15) is 30.5 Å². The lowest BCUT2D eigenvalue weighted by Gasteiger charge is -2.38. The minimum absolute atomic E-state index is 0.164. The Morgan fingerprint density at radius 2 is 1.39 bits per heavy atom. The molecule has 1 saturated carbocycles. The van der Waals surface area contributed by atoms with Crippen LogP contribution in [0, 0.1) is 6.92 Å². The Kier molecular flexibility index (Phi) is 4.63. The second-order valence-electron chi connectivity index (χ2n) is 9.04. The molecule has 2 heterocycles. The van der Waals surface area contributed by atoms with E-state index < -0.39 is 0 Å². The molecular formula is C29H26N4. The van der Waals surface area contributed by atoms with Gasteiger partial charge in [-0.1, -0.05) is 84.9 Å². The number of nitrogens with zero attached hydrogens (tertiary/aromatic N) is 3. The van der Waals surface area contributed by atoms with Crippen molar-refractivity contribution in [1.29, 1.82) is 0 Å². The summed E-state index contributed by atoms with van der Waals surface area (Å²) in [7, 11) is 0. The van der Waals surface area contributed by atoms with E-state index in [1.807, 2.05) is 19.1 Å². The molecule has 2 N–H and O–H groups in total. The third kappa shape index (κ3) is 3.35. The highest BCUT2D eigenvalue weighted by Crippen LogP contribution is 2.40. The fraction of sp³-hybridized carbons (Fsp3) is 0.172. The average molecular weight is 431 g/mol. The van der Waals surface area contributed by atoms with Gasteiger partial charge in [-0.15, -0.1) is 0 Å². The van der Waals surface area contributed by atoms with Gasteiger partial charge in [0.1, 0.15) is 0 Å². The molecule has 0 aliphatic heterocycles. The monoisotopic (exact) mass is 430 g/mol. The van der Waals surface area contributed by atoms with Gasteiger partial charge in [0, 0.05) is 28.4 Å². The number of fused-ring (bicyclic) bond motifs is 1. The Hall–Kier alpha value is -3.76. The molecule has 0 bridgehead atoms. The zero-order valence-electron chi connectivity index (χ0n) is 18.7. The van der Waals surface area contributed by atoms with Crippen LogP contribution in [-0.2, 0) is 5.54 Å². The van der Waals surface area contributed by atoms with E-state index in [0.717, 1.165) is 52.2 Å². The maximum Gasteiger partial charge on any atom is 0.235 e. The number of hydrogen-bond acceptors (Lipinski definition) is 3. The molecule has 3 aromatic carbocycles. The van der Waals surface area contributed by atoms with E-state index in [-0.39, 0.29) is 5.54 Å². The molecule has 0 saturated heterocycles. The topological polar surface area (TPSA) is 56.2 Å². The highest BCUT2D eigenvalue weighted by Gasteiger charge is 2.34. The molecule has 4 heteroatoms. The highest BCUT2D eigenvalue weighted by atomic mass is 15.1. The van der Waals surface area contributed by atoms with Crippen molar-refractivity contribution >= 4 is 5.78 Å². The Balaban J connectivity index is 1.55. The summed E-state index contributed by atoms with van der Waals surface area (Å²) in [6.07, 6.45) is 5.50. The van der Waals surface area contributed by atoms with Crippen LogP contribution in [0.25, 0.3) is 39.4 Å². The molecule has 1 fully saturated rings. The molecule has 0 unspecified atom stereocenters. The van der Waals surface area contributed by atoms with Crippen molar-refractivity contribution in [2.45, 2.75) is 31.7 Å². The van der Waals surface area contributed by atoms with Crippen LogP contribution in [0.5, 0.6) is 0 Å². The van der Waals surface area contributed by atoms with Gasteiger partial charge in [-0.25, -0.2) is 9.97 Å². The molecule has 0 amide bonds. The zero-order chi connectivity index (χ0) is 22.4. The Bertz CT molecular complexity index is 1430. The first kappa shape index (κ1) is 19.9. The number of nitrogens with two attached hydrogens (primary N) is 1. The van der Waals surface area contributed by atoms with Gasteiger partial charge in [-0.2, -0.15) is 0 Å². The Morgan fingerprint density at radius 1 is 0.758 bits per heavy atom. The average Bonchev–Trinajstić information content (AvgIpc) is 3.17. The van der Waals surface area contributed by atoms with E-state index in [0.29, 0.717) is 5.78 Å². The predicted octanol–water partition coefficient (Wildman–Crippen LogP) is 6.38. The number of rotatable bonds is 4. The number of aryl methyl sites for hydroxylation is 1. The molecule has 0 spiro atoms. The Morgan fingerprint density at radius 3 is 2.00 bits per heavy atom.